The summed E-state index contributed by atoms with van der Waals surface area (Å²) in [5.74, 6) is -0.988. The molecule has 0 aliphatic carbocycles. The average Bonchev–Trinajstić information content (AvgIpc) is 2.44. The smallest absolute Gasteiger partial charge is 0.328 e. The molecule has 92 valence electrons. The van der Waals surface area contributed by atoms with Crippen molar-refractivity contribution < 1.29 is 9.90 Å². The van der Waals surface area contributed by atoms with Gasteiger partial charge in [-0.2, -0.15) is 0 Å². The van der Waals surface area contributed by atoms with Crippen molar-refractivity contribution in [2.75, 3.05) is 0 Å². The molecule has 4 nitrogen and oxygen atoms in total. The first-order valence-electron chi connectivity index (χ1n) is 5.79. The standard InChI is InChI=1S/C15H10N2O2/c18-13(19)8-7-12-6-5-11-4-3-10-2-1-9-16-14(10)15(11)17-12/h1-9H,(H,18,19). The first kappa shape index (κ1) is 11.3. The van der Waals surface area contributed by atoms with Crippen molar-refractivity contribution >= 4 is 33.9 Å². The summed E-state index contributed by atoms with van der Waals surface area (Å²) in [5, 5.41) is 10.6. The van der Waals surface area contributed by atoms with Gasteiger partial charge in [-0.05, 0) is 18.2 Å². The molecule has 1 aromatic carbocycles. The number of benzene rings is 1. The molecule has 2 aromatic heterocycles. The van der Waals surface area contributed by atoms with Crippen LogP contribution in [0.15, 0.2) is 48.7 Å². The largest absolute Gasteiger partial charge is 0.478 e. The van der Waals surface area contributed by atoms with Crippen LogP contribution in [-0.4, -0.2) is 21.0 Å². The number of carboxylic acid groups (broad SMARTS) is 1. The molecule has 19 heavy (non-hydrogen) atoms. The first-order chi connectivity index (χ1) is 9.24. The Bertz CT molecular complexity index is 809. The summed E-state index contributed by atoms with van der Waals surface area (Å²) in [6, 6.07) is 11.5. The van der Waals surface area contributed by atoms with Gasteiger partial charge in [0.25, 0.3) is 0 Å². The molecule has 0 radical (unpaired) electrons. The third-order valence-corrected chi connectivity index (χ3v) is 2.85. The normalized spacial score (nSPS) is 11.4. The predicted octanol–water partition coefficient (Wildman–Crippen LogP) is 2.88. The summed E-state index contributed by atoms with van der Waals surface area (Å²) < 4.78 is 0. The second kappa shape index (κ2) is 4.49. The lowest BCUT2D eigenvalue weighted by atomic mass is 10.1. The van der Waals surface area contributed by atoms with Crippen molar-refractivity contribution in [2.24, 2.45) is 0 Å². The number of carboxylic acids is 1. The van der Waals surface area contributed by atoms with Gasteiger partial charge in [0.2, 0.25) is 0 Å². The molecule has 0 bridgehead atoms. The zero-order chi connectivity index (χ0) is 13.2. The summed E-state index contributed by atoms with van der Waals surface area (Å²) in [4.78, 5) is 19.3. The maximum absolute atomic E-state index is 10.5. The van der Waals surface area contributed by atoms with Crippen molar-refractivity contribution in [1.82, 2.24) is 9.97 Å². The maximum Gasteiger partial charge on any atom is 0.328 e. The highest BCUT2D eigenvalue weighted by molar-refractivity contribution is 6.02. The second-order valence-electron chi connectivity index (χ2n) is 4.12. The molecule has 3 rings (SSSR count). The van der Waals surface area contributed by atoms with E-state index in [1.807, 2.05) is 30.3 Å². The lowest BCUT2D eigenvalue weighted by molar-refractivity contribution is -0.131. The summed E-state index contributed by atoms with van der Waals surface area (Å²) in [5.41, 5.74) is 2.21. The third kappa shape index (κ3) is 2.15. The van der Waals surface area contributed by atoms with Crippen LogP contribution >= 0.6 is 0 Å². The highest BCUT2D eigenvalue weighted by Crippen LogP contribution is 2.22. The topological polar surface area (TPSA) is 63.1 Å². The van der Waals surface area contributed by atoms with Gasteiger partial charge < -0.3 is 5.11 Å². The molecule has 0 saturated carbocycles. The van der Waals surface area contributed by atoms with Gasteiger partial charge in [-0.1, -0.05) is 24.3 Å². The lowest BCUT2D eigenvalue weighted by Gasteiger charge is -2.03. The van der Waals surface area contributed by atoms with Gasteiger partial charge >= 0.3 is 5.97 Å². The van der Waals surface area contributed by atoms with Crippen LogP contribution in [0.4, 0.5) is 0 Å². The molecule has 0 saturated heterocycles. The zero-order valence-corrected chi connectivity index (χ0v) is 9.95. The molecule has 4 heteroatoms. The van der Waals surface area contributed by atoms with Crippen molar-refractivity contribution in [3.63, 3.8) is 0 Å². The number of hydrogen-bond donors (Lipinski definition) is 1. The number of rotatable bonds is 2. The first-order valence-corrected chi connectivity index (χ1v) is 5.79. The summed E-state index contributed by atoms with van der Waals surface area (Å²) in [7, 11) is 0. The van der Waals surface area contributed by atoms with Crippen LogP contribution in [0.25, 0.3) is 27.9 Å². The van der Waals surface area contributed by atoms with E-state index in [1.54, 1.807) is 12.3 Å². The Morgan fingerprint density at radius 3 is 2.58 bits per heavy atom. The van der Waals surface area contributed by atoms with E-state index in [0.717, 1.165) is 27.9 Å². The van der Waals surface area contributed by atoms with Gasteiger partial charge in [0.1, 0.15) is 0 Å². The van der Waals surface area contributed by atoms with Crippen molar-refractivity contribution in [3.05, 3.63) is 54.4 Å². The fraction of sp³-hybridized carbons (Fsp3) is 0. The van der Waals surface area contributed by atoms with Crippen LogP contribution in [0.2, 0.25) is 0 Å². The number of carbonyl (C=O) groups is 1. The Labute approximate surface area is 109 Å². The molecular formula is C15H10N2O2. The quantitative estimate of drug-likeness (QED) is 0.561. The van der Waals surface area contributed by atoms with E-state index in [1.165, 1.54) is 6.08 Å². The minimum absolute atomic E-state index is 0.605. The molecule has 0 fully saturated rings. The van der Waals surface area contributed by atoms with Crippen LogP contribution in [0.1, 0.15) is 5.69 Å². The van der Waals surface area contributed by atoms with Crippen molar-refractivity contribution in [2.45, 2.75) is 0 Å². The van der Waals surface area contributed by atoms with Crippen LogP contribution < -0.4 is 0 Å². The highest BCUT2D eigenvalue weighted by atomic mass is 16.4. The third-order valence-electron chi connectivity index (χ3n) is 2.85. The molecule has 3 aromatic rings. The molecule has 0 aliphatic heterocycles. The van der Waals surface area contributed by atoms with E-state index < -0.39 is 5.97 Å². The van der Waals surface area contributed by atoms with E-state index in [-0.39, 0.29) is 0 Å². The fourth-order valence-electron chi connectivity index (χ4n) is 1.99. The summed E-state index contributed by atoms with van der Waals surface area (Å²) in [6.45, 7) is 0. The second-order valence-corrected chi connectivity index (χ2v) is 4.12. The average molecular weight is 250 g/mol. The number of fused-ring (bicyclic) bond motifs is 3. The maximum atomic E-state index is 10.5. The molecule has 1 N–H and O–H groups in total. The highest BCUT2D eigenvalue weighted by Gasteiger charge is 2.03. The monoisotopic (exact) mass is 250 g/mol. The van der Waals surface area contributed by atoms with E-state index in [4.69, 9.17) is 5.11 Å². The molecule has 2 heterocycles. The Kier molecular flexibility index (Phi) is 2.68. The van der Waals surface area contributed by atoms with E-state index in [0.29, 0.717) is 5.69 Å². The van der Waals surface area contributed by atoms with Gasteiger partial charge in [0.05, 0.1) is 16.7 Å². The van der Waals surface area contributed by atoms with Crippen molar-refractivity contribution in [3.8, 4) is 0 Å². The van der Waals surface area contributed by atoms with Crippen LogP contribution in [0, 0.1) is 0 Å². The summed E-state index contributed by atoms with van der Waals surface area (Å²) in [6.07, 6.45) is 4.28. The molecule has 0 spiro atoms. The van der Waals surface area contributed by atoms with Gasteiger partial charge in [-0.15, -0.1) is 0 Å². The van der Waals surface area contributed by atoms with Crippen LogP contribution in [0.3, 0.4) is 0 Å². The Balaban J connectivity index is 2.25. The predicted molar refractivity (Wildman–Crippen MR) is 73.7 cm³/mol. The molecule has 0 atom stereocenters. The van der Waals surface area contributed by atoms with Crippen LogP contribution in [0.5, 0.6) is 0 Å². The number of aliphatic carboxylic acids is 1. The number of nitrogens with zero attached hydrogens (tertiary/aromatic N) is 2. The molecular weight excluding hydrogens is 240 g/mol. The summed E-state index contributed by atoms with van der Waals surface area (Å²) >= 11 is 0. The molecule has 0 aliphatic rings. The number of hydrogen-bond acceptors (Lipinski definition) is 3. The van der Waals surface area contributed by atoms with E-state index >= 15 is 0 Å². The number of pyridine rings is 2. The molecule has 0 unspecified atom stereocenters. The zero-order valence-electron chi connectivity index (χ0n) is 9.95. The van der Waals surface area contributed by atoms with Crippen LogP contribution in [-0.2, 0) is 4.79 Å². The lowest BCUT2D eigenvalue weighted by Crippen LogP contribution is -1.89. The number of aromatic nitrogens is 2. The SMILES string of the molecule is O=C(O)C=Cc1ccc2ccc3cccnc3c2n1. The van der Waals surface area contributed by atoms with Crippen molar-refractivity contribution in [1.29, 1.82) is 0 Å². The minimum Gasteiger partial charge on any atom is -0.478 e. The van der Waals surface area contributed by atoms with Gasteiger partial charge in [-0.25, -0.2) is 9.78 Å². The molecule has 0 amide bonds. The Hall–Kier alpha value is -2.75. The van der Waals surface area contributed by atoms with E-state index in [9.17, 15) is 4.79 Å². The van der Waals surface area contributed by atoms with Gasteiger partial charge in [-0.3, -0.25) is 4.98 Å². The Morgan fingerprint density at radius 2 is 1.79 bits per heavy atom. The Morgan fingerprint density at radius 1 is 1.05 bits per heavy atom. The fourth-order valence-corrected chi connectivity index (χ4v) is 1.99. The van der Waals surface area contributed by atoms with Gasteiger partial charge in [0, 0.05) is 23.0 Å². The minimum atomic E-state index is -0.988. The van der Waals surface area contributed by atoms with Gasteiger partial charge in [0.15, 0.2) is 0 Å². The van der Waals surface area contributed by atoms with E-state index in [2.05, 4.69) is 9.97 Å².